The Labute approximate surface area is 201 Å². The summed E-state index contributed by atoms with van der Waals surface area (Å²) in [6, 6.07) is 0. The van der Waals surface area contributed by atoms with Crippen LogP contribution >= 0.6 is 0 Å². The number of hydrogen-bond acceptors (Lipinski definition) is 2. The molecule has 3 nitrogen and oxygen atoms in total. The van der Waals surface area contributed by atoms with Crippen molar-refractivity contribution in [1.82, 2.24) is 0 Å². The summed E-state index contributed by atoms with van der Waals surface area (Å²) in [4.78, 5) is 23.9. The molecule has 4 aliphatic rings. The molecule has 33 heavy (non-hydrogen) atoms. The molecule has 184 valence electrons. The molecule has 0 bridgehead atoms. The smallest absolute Gasteiger partial charge is 0.330 e. The topological polar surface area (TPSA) is 54.4 Å². The van der Waals surface area contributed by atoms with Crippen LogP contribution in [0.25, 0.3) is 0 Å². The normalized spacial score (nSPS) is 43.2. The van der Waals surface area contributed by atoms with E-state index in [-0.39, 0.29) is 10.8 Å². The average molecular weight is 455 g/mol. The van der Waals surface area contributed by atoms with Crippen LogP contribution in [0.15, 0.2) is 23.3 Å². The third-order valence-electron chi connectivity index (χ3n) is 11.7. The number of hydrogen-bond donors (Lipinski definition) is 1. The zero-order valence-electron chi connectivity index (χ0n) is 22.1. The fourth-order valence-corrected chi connectivity index (χ4v) is 9.33. The van der Waals surface area contributed by atoms with Crippen molar-refractivity contribution in [3.05, 3.63) is 23.3 Å². The summed E-state index contributed by atoms with van der Waals surface area (Å²) < 4.78 is 0. The number of carboxylic acids is 1. The van der Waals surface area contributed by atoms with E-state index in [1.54, 1.807) is 12.5 Å². The summed E-state index contributed by atoms with van der Waals surface area (Å²) in [6.45, 7) is 16.2. The minimum Gasteiger partial charge on any atom is -0.478 e. The molecular formula is C30H46O3. The monoisotopic (exact) mass is 454 g/mol. The van der Waals surface area contributed by atoms with Crippen molar-refractivity contribution < 1.29 is 14.7 Å². The van der Waals surface area contributed by atoms with Gasteiger partial charge in [0.1, 0.15) is 5.78 Å². The largest absolute Gasteiger partial charge is 0.478 e. The third kappa shape index (κ3) is 3.50. The lowest BCUT2D eigenvalue weighted by molar-refractivity contribution is -0.142. The highest BCUT2D eigenvalue weighted by Gasteiger charge is 2.65. The molecule has 0 aliphatic heterocycles. The second-order valence-corrected chi connectivity index (χ2v) is 13.3. The van der Waals surface area contributed by atoms with Crippen LogP contribution in [-0.2, 0) is 9.59 Å². The van der Waals surface area contributed by atoms with Gasteiger partial charge >= 0.3 is 5.97 Å². The van der Waals surface area contributed by atoms with Crippen molar-refractivity contribution in [3.8, 4) is 0 Å². The van der Waals surface area contributed by atoms with Gasteiger partial charge in [0.25, 0.3) is 0 Å². The van der Waals surface area contributed by atoms with Crippen molar-refractivity contribution in [2.75, 3.05) is 0 Å². The molecule has 3 saturated carbocycles. The number of fused-ring (bicyclic) bond motifs is 5. The van der Waals surface area contributed by atoms with E-state index >= 15 is 0 Å². The van der Waals surface area contributed by atoms with Gasteiger partial charge in [-0.25, -0.2) is 4.79 Å². The highest BCUT2D eigenvalue weighted by molar-refractivity contribution is 5.86. The van der Waals surface area contributed by atoms with Crippen LogP contribution in [0.4, 0.5) is 0 Å². The Kier molecular flexibility index (Phi) is 6.07. The number of carbonyl (C=O) groups is 2. The summed E-state index contributed by atoms with van der Waals surface area (Å²) >= 11 is 0. The second kappa shape index (κ2) is 8.09. The third-order valence-corrected chi connectivity index (χ3v) is 11.7. The van der Waals surface area contributed by atoms with Gasteiger partial charge in [-0.1, -0.05) is 59.3 Å². The van der Waals surface area contributed by atoms with E-state index < -0.39 is 5.97 Å². The van der Waals surface area contributed by atoms with Gasteiger partial charge in [0.05, 0.1) is 0 Å². The number of ketones is 1. The van der Waals surface area contributed by atoms with Gasteiger partial charge in [-0.05, 0) is 98.2 Å². The zero-order valence-corrected chi connectivity index (χ0v) is 22.1. The molecule has 7 atom stereocenters. The number of carboxylic acid groups (broad SMARTS) is 1. The van der Waals surface area contributed by atoms with Crippen LogP contribution in [0.2, 0.25) is 0 Å². The van der Waals surface area contributed by atoms with Gasteiger partial charge in [-0.3, -0.25) is 4.79 Å². The maximum atomic E-state index is 12.8. The number of aliphatic carboxylic acids is 1. The summed E-state index contributed by atoms with van der Waals surface area (Å²) in [5.41, 5.74) is 2.77. The molecule has 3 fully saturated rings. The SMILES string of the molecule is CC(=CCC[C@@H](C)C1CC[C@@]2(C)[C@@H]3CC[C@H]4C(C)(C)C(=O)CC[C@]4(C)C3=CC[C@]12C)C(=O)O. The fraction of sp³-hybridized carbons (Fsp3) is 0.800. The van der Waals surface area contributed by atoms with Crippen LogP contribution in [0.1, 0.15) is 106 Å². The minimum atomic E-state index is -0.801. The van der Waals surface area contributed by atoms with Gasteiger partial charge in [0.15, 0.2) is 0 Å². The van der Waals surface area contributed by atoms with E-state index in [2.05, 4.69) is 47.6 Å². The lowest BCUT2D eigenvalue weighted by Crippen LogP contribution is -2.56. The summed E-state index contributed by atoms with van der Waals surface area (Å²) in [6.07, 6.45) is 14.4. The van der Waals surface area contributed by atoms with Crippen molar-refractivity contribution in [3.63, 3.8) is 0 Å². The molecule has 4 rings (SSSR count). The summed E-state index contributed by atoms with van der Waals surface area (Å²) in [7, 11) is 0. The molecule has 0 amide bonds. The molecular weight excluding hydrogens is 408 g/mol. The lowest BCUT2D eigenvalue weighted by Gasteiger charge is -2.63. The maximum absolute atomic E-state index is 12.8. The zero-order chi connectivity index (χ0) is 24.4. The van der Waals surface area contributed by atoms with Crippen LogP contribution in [-0.4, -0.2) is 16.9 Å². The predicted molar refractivity (Wildman–Crippen MR) is 134 cm³/mol. The van der Waals surface area contributed by atoms with Crippen molar-refractivity contribution >= 4 is 11.8 Å². The molecule has 3 heteroatoms. The van der Waals surface area contributed by atoms with Gasteiger partial charge in [0, 0.05) is 17.4 Å². The maximum Gasteiger partial charge on any atom is 0.330 e. The molecule has 0 saturated heterocycles. The molecule has 0 spiro atoms. The molecule has 0 radical (unpaired) electrons. The highest BCUT2D eigenvalue weighted by atomic mass is 16.4. The number of carbonyl (C=O) groups excluding carboxylic acids is 1. The van der Waals surface area contributed by atoms with Gasteiger partial charge < -0.3 is 5.11 Å². The minimum absolute atomic E-state index is 0.174. The second-order valence-electron chi connectivity index (χ2n) is 13.3. The van der Waals surface area contributed by atoms with Gasteiger partial charge in [-0.15, -0.1) is 0 Å². The van der Waals surface area contributed by atoms with Crippen LogP contribution < -0.4 is 0 Å². The van der Waals surface area contributed by atoms with E-state index in [9.17, 15) is 9.59 Å². The van der Waals surface area contributed by atoms with E-state index in [1.165, 1.54) is 25.7 Å². The summed E-state index contributed by atoms with van der Waals surface area (Å²) in [5.74, 6) is 2.08. The standard InChI is InChI=1S/C30H46O3/c1-19(9-8-10-20(2)26(32)33)21-13-17-30(7)23-11-12-24-27(3,4)25(31)15-16-28(24,5)22(23)14-18-29(21,30)6/h10,14,19,21,23-24H,8-9,11-13,15-18H2,1-7H3,(H,32,33)/t19-,21?,23-,24+,28-,29-,30+/m1/s1. The van der Waals surface area contributed by atoms with Crippen molar-refractivity contribution in [1.29, 1.82) is 0 Å². The number of allylic oxidation sites excluding steroid dienone is 3. The first-order chi connectivity index (χ1) is 15.3. The number of Topliss-reactive ketones (excluding diaryl/α,β-unsaturated/α-hetero) is 1. The predicted octanol–water partition coefficient (Wildman–Crippen LogP) is 7.61. The fourth-order valence-electron chi connectivity index (χ4n) is 9.33. The Morgan fingerprint density at radius 2 is 1.82 bits per heavy atom. The van der Waals surface area contributed by atoms with Crippen molar-refractivity contribution in [2.24, 2.45) is 45.3 Å². The Morgan fingerprint density at radius 3 is 2.48 bits per heavy atom. The molecule has 0 aromatic rings. The quantitative estimate of drug-likeness (QED) is 0.343. The van der Waals surface area contributed by atoms with Crippen LogP contribution in [0, 0.1) is 45.3 Å². The summed E-state index contributed by atoms with van der Waals surface area (Å²) in [5, 5.41) is 9.15. The van der Waals surface area contributed by atoms with E-state index in [4.69, 9.17) is 5.11 Å². The Morgan fingerprint density at radius 1 is 1.12 bits per heavy atom. The lowest BCUT2D eigenvalue weighted by atomic mass is 9.41. The van der Waals surface area contributed by atoms with Crippen molar-refractivity contribution in [2.45, 2.75) is 106 Å². The van der Waals surface area contributed by atoms with Crippen LogP contribution in [0.3, 0.4) is 0 Å². The first-order valence-electron chi connectivity index (χ1n) is 13.4. The van der Waals surface area contributed by atoms with E-state index in [0.717, 1.165) is 32.1 Å². The molecule has 0 heterocycles. The average Bonchev–Trinajstić information content (AvgIpc) is 3.02. The molecule has 1 unspecified atom stereocenters. The first-order valence-corrected chi connectivity index (χ1v) is 13.4. The highest BCUT2D eigenvalue weighted by Crippen LogP contribution is 2.72. The van der Waals surface area contributed by atoms with E-state index in [0.29, 0.717) is 45.9 Å². The first kappa shape index (κ1) is 24.7. The Bertz CT molecular complexity index is 894. The van der Waals surface area contributed by atoms with E-state index in [1.807, 2.05) is 6.08 Å². The molecule has 0 aromatic heterocycles. The Balaban J connectivity index is 1.59. The molecule has 1 N–H and O–H groups in total. The van der Waals surface area contributed by atoms with Crippen LogP contribution in [0.5, 0.6) is 0 Å². The number of rotatable bonds is 5. The van der Waals surface area contributed by atoms with Gasteiger partial charge in [-0.2, -0.15) is 0 Å². The Hall–Kier alpha value is -1.38. The van der Waals surface area contributed by atoms with Gasteiger partial charge in [0.2, 0.25) is 0 Å². The molecule has 4 aliphatic carbocycles. The molecule has 0 aromatic carbocycles.